The van der Waals surface area contributed by atoms with Gasteiger partial charge in [0.2, 0.25) is 0 Å². The van der Waals surface area contributed by atoms with E-state index in [1.54, 1.807) is 0 Å². The van der Waals surface area contributed by atoms with Crippen LogP contribution in [0.5, 0.6) is 0 Å². The lowest BCUT2D eigenvalue weighted by molar-refractivity contribution is 0.299. The Kier molecular flexibility index (Phi) is 4.31. The molecule has 0 aliphatic carbocycles. The molecule has 0 radical (unpaired) electrons. The number of hydrogen-bond donors (Lipinski definition) is 2. The summed E-state index contributed by atoms with van der Waals surface area (Å²) in [6.45, 7) is 6.19. The van der Waals surface area contributed by atoms with Crippen LogP contribution in [-0.2, 0) is 6.42 Å². The van der Waals surface area contributed by atoms with Gasteiger partial charge in [0.25, 0.3) is 0 Å². The molecule has 0 aliphatic heterocycles. The average Bonchev–Trinajstić information content (AvgIpc) is 2.64. The van der Waals surface area contributed by atoms with E-state index >= 15 is 0 Å². The normalized spacial score (nSPS) is 9.87. The second-order valence-electron chi connectivity index (χ2n) is 3.17. The number of fused-ring (bicyclic) bond motifs is 1. The van der Waals surface area contributed by atoms with Crippen molar-refractivity contribution in [1.82, 2.24) is 10.2 Å². The van der Waals surface area contributed by atoms with Crippen LogP contribution in [0.25, 0.3) is 10.9 Å². The van der Waals surface area contributed by atoms with Crippen molar-refractivity contribution in [2.75, 3.05) is 6.61 Å². The van der Waals surface area contributed by atoms with Gasteiger partial charge in [-0.1, -0.05) is 26.0 Å². The molecule has 0 saturated carbocycles. The molecule has 2 N–H and O–H groups in total. The lowest BCUT2D eigenvalue weighted by atomic mass is 10.1. The van der Waals surface area contributed by atoms with E-state index in [1.807, 2.05) is 39.0 Å². The number of nitrogens with one attached hydrogen (secondary N) is 1. The second kappa shape index (κ2) is 5.51. The minimum Gasteiger partial charge on any atom is -0.396 e. The molecule has 0 fully saturated rings. The van der Waals surface area contributed by atoms with Gasteiger partial charge in [0.15, 0.2) is 0 Å². The molecule has 1 heterocycles. The molecule has 1 aromatic heterocycles. The van der Waals surface area contributed by atoms with E-state index in [9.17, 15) is 0 Å². The third kappa shape index (κ3) is 2.57. The minimum absolute atomic E-state index is 0.189. The van der Waals surface area contributed by atoms with Crippen molar-refractivity contribution >= 4 is 10.9 Å². The van der Waals surface area contributed by atoms with Crippen molar-refractivity contribution in [3.8, 4) is 0 Å². The summed E-state index contributed by atoms with van der Waals surface area (Å²) in [6.07, 6.45) is 0.696. The maximum Gasteiger partial charge on any atom is 0.0926 e. The predicted molar refractivity (Wildman–Crippen MR) is 63.0 cm³/mol. The average molecular weight is 206 g/mol. The zero-order valence-electron chi connectivity index (χ0n) is 9.54. The molecule has 0 atom stereocenters. The fourth-order valence-corrected chi connectivity index (χ4v) is 1.48. The SMILES string of the molecule is CC.Cc1[nH]nc2cc(CCO)ccc12. The molecule has 3 nitrogen and oxygen atoms in total. The molecule has 0 saturated heterocycles. The van der Waals surface area contributed by atoms with Crippen LogP contribution in [0.3, 0.4) is 0 Å². The molecular formula is C12H18N2O. The molecule has 2 rings (SSSR count). The Morgan fingerprint density at radius 2 is 2.07 bits per heavy atom. The van der Waals surface area contributed by atoms with Gasteiger partial charge < -0.3 is 5.11 Å². The highest BCUT2D eigenvalue weighted by atomic mass is 16.2. The van der Waals surface area contributed by atoms with Crippen molar-refractivity contribution in [3.05, 3.63) is 29.5 Å². The van der Waals surface area contributed by atoms with E-state index in [0.29, 0.717) is 6.42 Å². The Morgan fingerprint density at radius 3 is 2.73 bits per heavy atom. The number of rotatable bonds is 2. The zero-order chi connectivity index (χ0) is 11.3. The number of aliphatic hydroxyl groups is 1. The van der Waals surface area contributed by atoms with Gasteiger partial charge >= 0.3 is 0 Å². The molecule has 15 heavy (non-hydrogen) atoms. The molecule has 0 bridgehead atoms. The Bertz CT molecular complexity index is 420. The number of aromatic amines is 1. The highest BCUT2D eigenvalue weighted by Gasteiger charge is 2.01. The molecule has 0 aliphatic rings. The third-order valence-corrected chi connectivity index (χ3v) is 2.21. The predicted octanol–water partition coefficient (Wildman–Crippen LogP) is 2.43. The number of hydrogen-bond acceptors (Lipinski definition) is 2. The first-order valence-corrected chi connectivity index (χ1v) is 5.36. The van der Waals surface area contributed by atoms with Crippen LogP contribution in [-0.4, -0.2) is 21.9 Å². The van der Waals surface area contributed by atoms with Crippen LogP contribution >= 0.6 is 0 Å². The van der Waals surface area contributed by atoms with E-state index in [4.69, 9.17) is 5.11 Å². The fourth-order valence-electron chi connectivity index (χ4n) is 1.48. The standard InChI is InChI=1S/C10H12N2O.C2H6/c1-7-9-3-2-8(4-5-13)6-10(9)12-11-7;1-2/h2-3,6,13H,4-5H2,1H3,(H,11,12);1-2H3. The number of aromatic nitrogens is 2. The van der Waals surface area contributed by atoms with Crippen LogP contribution in [0.15, 0.2) is 18.2 Å². The van der Waals surface area contributed by atoms with E-state index in [1.165, 1.54) is 0 Å². The van der Waals surface area contributed by atoms with Crippen molar-refractivity contribution in [2.24, 2.45) is 0 Å². The summed E-state index contributed by atoms with van der Waals surface area (Å²) in [7, 11) is 0. The molecule has 1 aromatic carbocycles. The van der Waals surface area contributed by atoms with Crippen molar-refractivity contribution in [1.29, 1.82) is 0 Å². The van der Waals surface area contributed by atoms with Crippen molar-refractivity contribution in [3.63, 3.8) is 0 Å². The number of aryl methyl sites for hydroxylation is 1. The van der Waals surface area contributed by atoms with E-state index in [0.717, 1.165) is 22.2 Å². The minimum atomic E-state index is 0.189. The van der Waals surface area contributed by atoms with Gasteiger partial charge in [0.05, 0.1) is 5.52 Å². The summed E-state index contributed by atoms with van der Waals surface area (Å²) >= 11 is 0. The first-order valence-electron chi connectivity index (χ1n) is 5.36. The quantitative estimate of drug-likeness (QED) is 0.792. The lowest BCUT2D eigenvalue weighted by Gasteiger charge is -1.96. The van der Waals surface area contributed by atoms with Crippen LogP contribution in [0.4, 0.5) is 0 Å². The van der Waals surface area contributed by atoms with E-state index in [2.05, 4.69) is 10.2 Å². The summed E-state index contributed by atoms with van der Waals surface area (Å²) in [4.78, 5) is 0. The Morgan fingerprint density at radius 1 is 1.33 bits per heavy atom. The third-order valence-electron chi connectivity index (χ3n) is 2.21. The molecule has 0 amide bonds. The van der Waals surface area contributed by atoms with Crippen LogP contribution in [0.2, 0.25) is 0 Å². The highest BCUT2D eigenvalue weighted by molar-refractivity contribution is 5.81. The summed E-state index contributed by atoms with van der Waals surface area (Å²) in [5, 5.41) is 17.0. The van der Waals surface area contributed by atoms with Crippen LogP contribution < -0.4 is 0 Å². The second-order valence-corrected chi connectivity index (χ2v) is 3.17. The first kappa shape index (κ1) is 11.7. The van der Waals surface area contributed by atoms with Crippen molar-refractivity contribution < 1.29 is 5.11 Å². The Hall–Kier alpha value is -1.35. The van der Waals surface area contributed by atoms with Gasteiger partial charge in [-0.25, -0.2) is 0 Å². The highest BCUT2D eigenvalue weighted by Crippen LogP contribution is 2.16. The van der Waals surface area contributed by atoms with Crippen LogP contribution in [0, 0.1) is 6.92 Å². The molecular weight excluding hydrogens is 188 g/mol. The molecule has 2 aromatic rings. The first-order chi connectivity index (χ1) is 7.31. The maximum absolute atomic E-state index is 8.77. The van der Waals surface area contributed by atoms with Gasteiger partial charge in [-0.3, -0.25) is 5.10 Å². The van der Waals surface area contributed by atoms with Crippen molar-refractivity contribution in [2.45, 2.75) is 27.2 Å². The lowest BCUT2D eigenvalue weighted by Crippen LogP contribution is -1.89. The van der Waals surface area contributed by atoms with E-state index in [-0.39, 0.29) is 6.61 Å². The van der Waals surface area contributed by atoms with Gasteiger partial charge in [0.1, 0.15) is 0 Å². The summed E-state index contributed by atoms with van der Waals surface area (Å²) in [6, 6.07) is 6.08. The molecule has 0 unspecified atom stereocenters. The van der Waals surface area contributed by atoms with Crippen LogP contribution in [0.1, 0.15) is 25.1 Å². The smallest absolute Gasteiger partial charge is 0.0926 e. The van der Waals surface area contributed by atoms with Gasteiger partial charge in [-0.2, -0.15) is 5.10 Å². The van der Waals surface area contributed by atoms with Gasteiger partial charge in [-0.15, -0.1) is 0 Å². The number of aliphatic hydroxyl groups excluding tert-OH is 1. The summed E-state index contributed by atoms with van der Waals surface area (Å²) in [5.74, 6) is 0. The topological polar surface area (TPSA) is 48.9 Å². The Balaban J connectivity index is 0.000000531. The largest absolute Gasteiger partial charge is 0.396 e. The molecule has 0 spiro atoms. The monoisotopic (exact) mass is 206 g/mol. The van der Waals surface area contributed by atoms with Gasteiger partial charge in [0, 0.05) is 17.7 Å². The zero-order valence-corrected chi connectivity index (χ0v) is 9.54. The van der Waals surface area contributed by atoms with E-state index < -0.39 is 0 Å². The number of H-pyrrole nitrogens is 1. The number of nitrogens with zero attached hydrogens (tertiary/aromatic N) is 1. The molecule has 82 valence electrons. The van der Waals surface area contributed by atoms with Gasteiger partial charge in [-0.05, 0) is 25.0 Å². The maximum atomic E-state index is 8.77. The summed E-state index contributed by atoms with van der Waals surface area (Å²) < 4.78 is 0. The fraction of sp³-hybridized carbons (Fsp3) is 0.417. The Labute approximate surface area is 90.1 Å². The number of benzene rings is 1. The molecule has 3 heteroatoms. The summed E-state index contributed by atoms with van der Waals surface area (Å²) in [5.41, 5.74) is 3.19.